The molecule has 6 nitrogen and oxygen atoms in total. The van der Waals surface area contributed by atoms with E-state index in [-0.39, 0.29) is 24.0 Å². The number of fused-ring (bicyclic) bond motifs is 1. The minimum Gasteiger partial charge on any atom is -0.382 e. The van der Waals surface area contributed by atoms with Crippen molar-refractivity contribution in [1.82, 2.24) is 15.5 Å². The van der Waals surface area contributed by atoms with Crippen LogP contribution in [0.1, 0.15) is 24.5 Å². The average molecular weight is 490 g/mol. The number of nitrogens with zero attached hydrogens (tertiary/aromatic N) is 2. The van der Waals surface area contributed by atoms with Gasteiger partial charge in [-0.1, -0.05) is 24.3 Å². The standard InChI is InChI=1S/C20H34N4O2.HI/c1-3-21-20(22-10-6-14-26-16-15-25-2)23-11-13-24-12-9-18-7-4-5-8-19(18)17-24;/h4-5,7-8H,3,6,9-17H2,1-2H3,(H2,21,22,23);1H. The summed E-state index contributed by atoms with van der Waals surface area (Å²) in [5.74, 6) is 0.891. The molecular formula is C20H35IN4O2. The van der Waals surface area contributed by atoms with Crippen LogP contribution in [0.5, 0.6) is 0 Å². The van der Waals surface area contributed by atoms with Crippen LogP contribution in [0.25, 0.3) is 0 Å². The van der Waals surface area contributed by atoms with E-state index in [1.807, 2.05) is 0 Å². The molecule has 0 fully saturated rings. The highest BCUT2D eigenvalue weighted by Gasteiger charge is 2.14. The summed E-state index contributed by atoms with van der Waals surface area (Å²) in [4.78, 5) is 7.12. The van der Waals surface area contributed by atoms with Crippen LogP contribution in [0.15, 0.2) is 29.3 Å². The van der Waals surface area contributed by atoms with Crippen molar-refractivity contribution >= 4 is 29.9 Å². The van der Waals surface area contributed by atoms with Crippen LogP contribution in [0, 0.1) is 0 Å². The fourth-order valence-electron chi connectivity index (χ4n) is 3.02. The SMILES string of the molecule is CCNC(=NCCCOCCOC)NCCN1CCc2ccccc2C1.I. The fourth-order valence-corrected chi connectivity index (χ4v) is 3.02. The molecule has 0 amide bonds. The van der Waals surface area contributed by atoms with E-state index in [2.05, 4.69) is 51.7 Å². The maximum absolute atomic E-state index is 5.46. The molecule has 7 heteroatoms. The molecule has 0 spiro atoms. The van der Waals surface area contributed by atoms with Crippen molar-refractivity contribution in [2.24, 2.45) is 4.99 Å². The normalized spacial score (nSPS) is 14.4. The fraction of sp³-hybridized carbons (Fsp3) is 0.650. The van der Waals surface area contributed by atoms with Crippen molar-refractivity contribution in [3.8, 4) is 0 Å². The number of nitrogens with one attached hydrogen (secondary N) is 2. The molecule has 2 rings (SSSR count). The van der Waals surface area contributed by atoms with E-state index in [9.17, 15) is 0 Å². The zero-order chi connectivity index (χ0) is 18.5. The molecule has 27 heavy (non-hydrogen) atoms. The average Bonchev–Trinajstić information content (AvgIpc) is 2.67. The molecule has 1 aliphatic heterocycles. The molecule has 0 bridgehead atoms. The number of hydrogen-bond acceptors (Lipinski definition) is 4. The molecule has 0 atom stereocenters. The van der Waals surface area contributed by atoms with Gasteiger partial charge in [-0.3, -0.25) is 9.89 Å². The largest absolute Gasteiger partial charge is 0.382 e. The Morgan fingerprint density at radius 2 is 1.96 bits per heavy atom. The van der Waals surface area contributed by atoms with Crippen LogP contribution in [0.3, 0.4) is 0 Å². The molecule has 0 aliphatic carbocycles. The maximum atomic E-state index is 5.46. The topological polar surface area (TPSA) is 58.1 Å². The minimum atomic E-state index is 0. The molecule has 0 saturated heterocycles. The Hall–Kier alpha value is -0.900. The van der Waals surface area contributed by atoms with Crippen molar-refractivity contribution in [2.75, 3.05) is 59.7 Å². The van der Waals surface area contributed by atoms with Crippen LogP contribution < -0.4 is 10.6 Å². The summed E-state index contributed by atoms with van der Waals surface area (Å²) in [5.41, 5.74) is 2.96. The van der Waals surface area contributed by atoms with Gasteiger partial charge in [0.1, 0.15) is 0 Å². The molecule has 0 radical (unpaired) electrons. The third-order valence-corrected chi connectivity index (χ3v) is 4.42. The van der Waals surface area contributed by atoms with E-state index >= 15 is 0 Å². The molecule has 1 aromatic rings. The van der Waals surface area contributed by atoms with E-state index in [1.54, 1.807) is 7.11 Å². The van der Waals surface area contributed by atoms with Crippen LogP contribution in [-0.4, -0.2) is 70.5 Å². The van der Waals surface area contributed by atoms with Crippen LogP contribution in [0.4, 0.5) is 0 Å². The van der Waals surface area contributed by atoms with Crippen LogP contribution in [-0.2, 0) is 22.4 Å². The molecular weight excluding hydrogens is 455 g/mol. The number of benzene rings is 1. The Kier molecular flexibility index (Phi) is 13.5. The second-order valence-corrected chi connectivity index (χ2v) is 6.44. The van der Waals surface area contributed by atoms with Gasteiger partial charge in [0.05, 0.1) is 13.2 Å². The molecule has 0 saturated carbocycles. The number of halogens is 1. The summed E-state index contributed by atoms with van der Waals surface area (Å²) in [5, 5.41) is 6.75. The second-order valence-electron chi connectivity index (χ2n) is 6.44. The first-order chi connectivity index (χ1) is 12.8. The smallest absolute Gasteiger partial charge is 0.191 e. The summed E-state index contributed by atoms with van der Waals surface area (Å²) in [6, 6.07) is 8.77. The Morgan fingerprint density at radius 1 is 1.15 bits per heavy atom. The van der Waals surface area contributed by atoms with Gasteiger partial charge < -0.3 is 20.1 Å². The van der Waals surface area contributed by atoms with Gasteiger partial charge in [-0.05, 0) is 30.9 Å². The van der Waals surface area contributed by atoms with Gasteiger partial charge in [0, 0.05) is 53.0 Å². The molecule has 2 N–H and O–H groups in total. The van der Waals surface area contributed by atoms with Gasteiger partial charge in [0.25, 0.3) is 0 Å². The quantitative estimate of drug-likeness (QED) is 0.216. The second kappa shape index (κ2) is 15.1. The first kappa shape index (κ1) is 24.1. The predicted octanol–water partition coefficient (Wildman–Crippen LogP) is 2.27. The van der Waals surface area contributed by atoms with E-state index in [0.29, 0.717) is 13.2 Å². The van der Waals surface area contributed by atoms with Crippen molar-refractivity contribution in [2.45, 2.75) is 26.3 Å². The van der Waals surface area contributed by atoms with E-state index in [1.165, 1.54) is 11.1 Å². The highest BCUT2D eigenvalue weighted by atomic mass is 127. The summed E-state index contributed by atoms with van der Waals surface area (Å²) >= 11 is 0. The Balaban J connectivity index is 0.00000364. The molecule has 1 heterocycles. The lowest BCUT2D eigenvalue weighted by Crippen LogP contribution is -2.42. The van der Waals surface area contributed by atoms with Gasteiger partial charge in [-0.2, -0.15) is 0 Å². The van der Waals surface area contributed by atoms with Gasteiger partial charge in [0.15, 0.2) is 5.96 Å². The van der Waals surface area contributed by atoms with Crippen molar-refractivity contribution in [3.05, 3.63) is 35.4 Å². The summed E-state index contributed by atoms with van der Waals surface area (Å²) in [7, 11) is 1.69. The molecule has 0 unspecified atom stereocenters. The van der Waals surface area contributed by atoms with Crippen LogP contribution in [0.2, 0.25) is 0 Å². The lowest BCUT2D eigenvalue weighted by atomic mass is 10.00. The number of hydrogen-bond donors (Lipinski definition) is 2. The number of aliphatic imine (C=N–C) groups is 1. The zero-order valence-electron chi connectivity index (χ0n) is 16.7. The number of ether oxygens (including phenoxy) is 2. The third-order valence-electron chi connectivity index (χ3n) is 4.42. The summed E-state index contributed by atoms with van der Waals surface area (Å²) in [6.07, 6.45) is 2.07. The lowest BCUT2D eigenvalue weighted by molar-refractivity contribution is 0.0702. The van der Waals surface area contributed by atoms with E-state index in [4.69, 9.17) is 9.47 Å². The molecule has 154 valence electrons. The number of rotatable bonds is 11. The van der Waals surface area contributed by atoms with Gasteiger partial charge in [0.2, 0.25) is 0 Å². The highest BCUT2D eigenvalue weighted by molar-refractivity contribution is 14.0. The monoisotopic (exact) mass is 490 g/mol. The zero-order valence-corrected chi connectivity index (χ0v) is 19.0. The molecule has 1 aromatic carbocycles. The Labute approximate surface area is 181 Å². The number of methoxy groups -OCH3 is 1. The van der Waals surface area contributed by atoms with Gasteiger partial charge in [-0.15, -0.1) is 24.0 Å². The number of guanidine groups is 1. The van der Waals surface area contributed by atoms with Gasteiger partial charge in [-0.25, -0.2) is 0 Å². The van der Waals surface area contributed by atoms with Crippen molar-refractivity contribution in [1.29, 1.82) is 0 Å². The van der Waals surface area contributed by atoms with Crippen LogP contribution >= 0.6 is 24.0 Å². The predicted molar refractivity (Wildman–Crippen MR) is 122 cm³/mol. The first-order valence-corrected chi connectivity index (χ1v) is 9.71. The molecule has 0 aromatic heterocycles. The van der Waals surface area contributed by atoms with Crippen molar-refractivity contribution in [3.63, 3.8) is 0 Å². The maximum Gasteiger partial charge on any atom is 0.191 e. The summed E-state index contributed by atoms with van der Waals surface area (Å²) < 4.78 is 10.4. The van der Waals surface area contributed by atoms with E-state index < -0.39 is 0 Å². The van der Waals surface area contributed by atoms with Gasteiger partial charge >= 0.3 is 0 Å². The lowest BCUT2D eigenvalue weighted by Gasteiger charge is -2.28. The highest BCUT2D eigenvalue weighted by Crippen LogP contribution is 2.17. The summed E-state index contributed by atoms with van der Waals surface area (Å²) in [6.45, 7) is 9.84. The first-order valence-electron chi connectivity index (χ1n) is 9.71. The van der Waals surface area contributed by atoms with Crippen molar-refractivity contribution < 1.29 is 9.47 Å². The molecule has 1 aliphatic rings. The Morgan fingerprint density at radius 3 is 2.74 bits per heavy atom. The third kappa shape index (κ3) is 9.73. The minimum absolute atomic E-state index is 0. The van der Waals surface area contributed by atoms with E-state index in [0.717, 1.165) is 64.7 Å². The Bertz CT molecular complexity index is 542.